The van der Waals surface area contributed by atoms with Gasteiger partial charge in [0.2, 0.25) is 5.95 Å². The van der Waals surface area contributed by atoms with Crippen LogP contribution in [0.5, 0.6) is 5.75 Å². The number of carboxylic acid groups (broad SMARTS) is 1. The minimum absolute atomic E-state index is 0.0366. The van der Waals surface area contributed by atoms with Gasteiger partial charge < -0.3 is 24.8 Å². The number of carboxylic acids is 1. The van der Waals surface area contributed by atoms with Gasteiger partial charge in [0.15, 0.2) is 11.2 Å². The molecule has 0 spiro atoms. The number of aliphatic hydroxyl groups excluding tert-OH is 1. The zero-order valence-corrected chi connectivity index (χ0v) is 17.3. The van der Waals surface area contributed by atoms with Gasteiger partial charge in [-0.25, -0.2) is 4.79 Å². The van der Waals surface area contributed by atoms with Crippen molar-refractivity contribution in [1.29, 1.82) is 0 Å². The lowest BCUT2D eigenvalue weighted by molar-refractivity contribution is -0.136. The van der Waals surface area contributed by atoms with E-state index >= 15 is 0 Å². The normalized spacial score (nSPS) is 12.1. The van der Waals surface area contributed by atoms with Crippen molar-refractivity contribution in [3.63, 3.8) is 0 Å². The molecule has 31 heavy (non-hydrogen) atoms. The van der Waals surface area contributed by atoms with Gasteiger partial charge in [-0.2, -0.15) is 4.98 Å². The minimum Gasteiger partial charge on any atom is -0.491 e. The third-order valence-electron chi connectivity index (χ3n) is 4.77. The number of nitrogens with one attached hydrogen (secondary N) is 2. The predicted molar refractivity (Wildman–Crippen MR) is 114 cm³/mol. The Morgan fingerprint density at radius 1 is 1.35 bits per heavy atom. The molecule has 0 saturated heterocycles. The lowest BCUT2D eigenvalue weighted by atomic mass is 10.2. The summed E-state index contributed by atoms with van der Waals surface area (Å²) in [7, 11) is 1.46. The Balaban J connectivity index is 1.85. The molecule has 2 aromatic heterocycles. The second kappa shape index (κ2) is 9.47. The Kier molecular flexibility index (Phi) is 6.75. The maximum Gasteiger partial charge on any atom is 0.329 e. The summed E-state index contributed by atoms with van der Waals surface area (Å²) >= 11 is 0. The summed E-state index contributed by atoms with van der Waals surface area (Å²) in [5, 5.41) is 22.3. The van der Waals surface area contributed by atoms with Crippen molar-refractivity contribution in [1.82, 2.24) is 19.1 Å². The molecular weight excluding hydrogens is 406 g/mol. The molecule has 3 aromatic rings. The zero-order chi connectivity index (χ0) is 22.5. The van der Waals surface area contributed by atoms with Gasteiger partial charge in [-0.05, 0) is 24.1 Å². The number of rotatable bonds is 10. The van der Waals surface area contributed by atoms with Crippen molar-refractivity contribution in [3.05, 3.63) is 50.7 Å². The van der Waals surface area contributed by atoms with Crippen LogP contribution in [0.1, 0.15) is 18.9 Å². The average molecular weight is 431 g/mol. The van der Waals surface area contributed by atoms with Gasteiger partial charge in [0.05, 0.1) is 13.0 Å². The Morgan fingerprint density at radius 3 is 2.84 bits per heavy atom. The third-order valence-corrected chi connectivity index (χ3v) is 4.77. The number of benzene rings is 1. The first-order valence-corrected chi connectivity index (χ1v) is 9.85. The van der Waals surface area contributed by atoms with Gasteiger partial charge in [-0.1, -0.05) is 19.1 Å². The van der Waals surface area contributed by atoms with Crippen molar-refractivity contribution in [2.45, 2.75) is 32.4 Å². The first kappa shape index (κ1) is 22.1. The molecule has 11 nitrogen and oxygen atoms in total. The summed E-state index contributed by atoms with van der Waals surface area (Å²) in [5.74, 6) is -0.202. The molecule has 3 rings (SSSR count). The van der Waals surface area contributed by atoms with E-state index in [4.69, 9.17) is 9.84 Å². The fourth-order valence-corrected chi connectivity index (χ4v) is 3.14. The summed E-state index contributed by atoms with van der Waals surface area (Å²) in [4.78, 5) is 41.6. The molecule has 0 fully saturated rings. The van der Waals surface area contributed by atoms with E-state index in [0.29, 0.717) is 5.75 Å². The van der Waals surface area contributed by atoms with Crippen molar-refractivity contribution in [3.8, 4) is 5.75 Å². The third kappa shape index (κ3) is 5.12. The SMILES string of the molecule is CCc1cccc(OC[C@@H](O)Cn2c(NCCC(=O)O)nc3c2c(=O)[nH]c(=O)n3C)c1. The van der Waals surface area contributed by atoms with Crippen molar-refractivity contribution >= 4 is 23.1 Å². The van der Waals surface area contributed by atoms with E-state index < -0.39 is 23.3 Å². The maximum absolute atomic E-state index is 12.4. The second-order valence-electron chi connectivity index (χ2n) is 7.07. The molecule has 11 heteroatoms. The number of ether oxygens (including phenoxy) is 1. The molecule has 0 amide bonds. The van der Waals surface area contributed by atoms with Crippen LogP contribution < -0.4 is 21.3 Å². The van der Waals surface area contributed by atoms with Gasteiger partial charge in [0.25, 0.3) is 5.56 Å². The highest BCUT2D eigenvalue weighted by atomic mass is 16.5. The quantitative estimate of drug-likeness (QED) is 0.358. The van der Waals surface area contributed by atoms with Gasteiger partial charge in [-0.3, -0.25) is 19.1 Å². The molecule has 166 valence electrons. The fourth-order valence-electron chi connectivity index (χ4n) is 3.14. The Morgan fingerprint density at radius 2 is 2.13 bits per heavy atom. The van der Waals surface area contributed by atoms with E-state index in [1.54, 1.807) is 6.07 Å². The molecule has 0 saturated carbocycles. The van der Waals surface area contributed by atoms with Crippen LogP contribution in [0.3, 0.4) is 0 Å². The van der Waals surface area contributed by atoms with Crippen molar-refractivity contribution in [2.75, 3.05) is 18.5 Å². The number of aliphatic carboxylic acids is 1. The van der Waals surface area contributed by atoms with E-state index in [2.05, 4.69) is 15.3 Å². The molecule has 0 aliphatic rings. The fraction of sp³-hybridized carbons (Fsp3) is 0.400. The van der Waals surface area contributed by atoms with E-state index in [9.17, 15) is 19.5 Å². The maximum atomic E-state index is 12.4. The number of hydrogen-bond acceptors (Lipinski definition) is 7. The molecule has 2 heterocycles. The van der Waals surface area contributed by atoms with Crippen LogP contribution in [-0.2, 0) is 24.8 Å². The number of nitrogens with zero attached hydrogens (tertiary/aromatic N) is 3. The van der Waals surface area contributed by atoms with Crippen LogP contribution in [0.25, 0.3) is 11.2 Å². The van der Waals surface area contributed by atoms with E-state index in [1.165, 1.54) is 16.2 Å². The summed E-state index contributed by atoms with van der Waals surface area (Å²) in [5.41, 5.74) is 0.0341. The molecule has 0 aliphatic carbocycles. The lowest BCUT2D eigenvalue weighted by Crippen LogP contribution is -2.31. The van der Waals surface area contributed by atoms with E-state index in [-0.39, 0.29) is 43.2 Å². The van der Waals surface area contributed by atoms with Gasteiger partial charge in [0, 0.05) is 13.6 Å². The number of aromatic nitrogens is 4. The monoisotopic (exact) mass is 431 g/mol. The molecule has 0 unspecified atom stereocenters. The first-order chi connectivity index (χ1) is 14.8. The summed E-state index contributed by atoms with van der Waals surface area (Å²) in [6, 6.07) is 7.53. The number of hydrogen-bond donors (Lipinski definition) is 4. The Bertz CT molecular complexity index is 1190. The molecule has 4 N–H and O–H groups in total. The largest absolute Gasteiger partial charge is 0.491 e. The molecule has 1 atom stereocenters. The number of H-pyrrole nitrogens is 1. The highest BCUT2D eigenvalue weighted by molar-refractivity contribution is 5.74. The summed E-state index contributed by atoms with van der Waals surface area (Å²) in [6.45, 7) is 1.99. The second-order valence-corrected chi connectivity index (χ2v) is 7.07. The van der Waals surface area contributed by atoms with E-state index in [0.717, 1.165) is 12.0 Å². The zero-order valence-electron chi connectivity index (χ0n) is 17.3. The molecule has 0 bridgehead atoms. The first-order valence-electron chi connectivity index (χ1n) is 9.85. The molecule has 0 aliphatic heterocycles. The highest BCUT2D eigenvalue weighted by Crippen LogP contribution is 2.17. The number of aryl methyl sites for hydroxylation is 2. The van der Waals surface area contributed by atoms with Gasteiger partial charge in [0.1, 0.15) is 18.5 Å². The van der Waals surface area contributed by atoms with Gasteiger partial charge in [-0.15, -0.1) is 0 Å². The Labute approximate surface area is 176 Å². The Hall–Kier alpha value is -3.60. The van der Waals surface area contributed by atoms with Crippen molar-refractivity contribution in [2.24, 2.45) is 7.05 Å². The smallest absolute Gasteiger partial charge is 0.329 e. The minimum atomic E-state index is -1.00. The number of aliphatic hydroxyl groups is 1. The van der Waals surface area contributed by atoms with Crippen LogP contribution in [0, 0.1) is 0 Å². The van der Waals surface area contributed by atoms with Crippen molar-refractivity contribution < 1.29 is 19.7 Å². The van der Waals surface area contributed by atoms with Crippen LogP contribution in [0.2, 0.25) is 0 Å². The van der Waals surface area contributed by atoms with Crippen LogP contribution >= 0.6 is 0 Å². The van der Waals surface area contributed by atoms with E-state index in [1.807, 2.05) is 25.1 Å². The summed E-state index contributed by atoms with van der Waals surface area (Å²) < 4.78 is 8.27. The van der Waals surface area contributed by atoms with Crippen LogP contribution in [0.4, 0.5) is 5.95 Å². The average Bonchev–Trinajstić information content (AvgIpc) is 3.09. The predicted octanol–water partition coefficient (Wildman–Crippen LogP) is 0.312. The topological polar surface area (TPSA) is 151 Å². The highest BCUT2D eigenvalue weighted by Gasteiger charge is 2.20. The van der Waals surface area contributed by atoms with Gasteiger partial charge >= 0.3 is 11.7 Å². The summed E-state index contributed by atoms with van der Waals surface area (Å²) in [6.07, 6.45) is -0.315. The number of carbonyl (C=O) groups is 1. The van der Waals surface area contributed by atoms with Crippen LogP contribution in [0.15, 0.2) is 33.9 Å². The number of anilines is 1. The van der Waals surface area contributed by atoms with Crippen LogP contribution in [-0.4, -0.2) is 54.5 Å². The lowest BCUT2D eigenvalue weighted by Gasteiger charge is -2.16. The molecule has 1 aromatic carbocycles. The standard InChI is InChI=1S/C20H25N5O6/c1-3-12-5-4-6-14(9-12)31-11-13(26)10-25-16-17(24(2)20(30)23-18(16)29)22-19(25)21-8-7-15(27)28/h4-6,9,13,26H,3,7-8,10-11H2,1-2H3,(H,21,22)(H,27,28)(H,23,29,30)/t13-/m0/s1. The molecular formula is C20H25N5O6. The number of aromatic amines is 1. The number of imidazole rings is 1. The number of fused-ring (bicyclic) bond motifs is 1. The molecule has 0 radical (unpaired) electrons.